The number of carbonyl (C=O) groups is 1. The molecule has 1 atom stereocenters. The lowest BCUT2D eigenvalue weighted by Crippen LogP contribution is -2.38. The molecular weight excluding hydrogens is 350 g/mol. The Kier molecular flexibility index (Phi) is 4.62. The molecule has 28 heavy (non-hydrogen) atoms. The Morgan fingerprint density at radius 1 is 1.11 bits per heavy atom. The topological polar surface area (TPSA) is 79.3 Å². The number of rotatable bonds is 3. The summed E-state index contributed by atoms with van der Waals surface area (Å²) in [7, 11) is 1.61. The fraction of sp³-hybridized carbons (Fsp3) is 0.217. The van der Waals surface area contributed by atoms with Crippen LogP contribution >= 0.6 is 0 Å². The fourth-order valence-corrected chi connectivity index (χ4v) is 4.09. The SMILES string of the molecule is COc1ccc(N2C(N)=C(C#N)[C@@H](c3ccccc3)C3=C2CCCC3=O)cc1. The van der Waals surface area contributed by atoms with Gasteiger partial charge in [0.2, 0.25) is 0 Å². The molecule has 5 nitrogen and oxygen atoms in total. The summed E-state index contributed by atoms with van der Waals surface area (Å²) in [5.74, 6) is 0.798. The summed E-state index contributed by atoms with van der Waals surface area (Å²) >= 11 is 0. The first-order valence-electron chi connectivity index (χ1n) is 9.30. The Balaban J connectivity index is 1.93. The first-order valence-corrected chi connectivity index (χ1v) is 9.30. The van der Waals surface area contributed by atoms with Crippen LogP contribution in [0.15, 0.2) is 77.3 Å². The molecule has 0 unspecified atom stereocenters. The van der Waals surface area contributed by atoms with Gasteiger partial charge in [0, 0.05) is 23.4 Å². The van der Waals surface area contributed by atoms with Crippen LogP contribution < -0.4 is 15.4 Å². The van der Waals surface area contributed by atoms with Crippen LogP contribution in [0.1, 0.15) is 30.7 Å². The lowest BCUT2D eigenvalue weighted by atomic mass is 9.75. The molecule has 0 saturated carbocycles. The van der Waals surface area contributed by atoms with Crippen LogP contribution in [0, 0.1) is 11.3 Å². The summed E-state index contributed by atoms with van der Waals surface area (Å²) in [5.41, 5.74) is 10.3. The normalized spacial score (nSPS) is 19.4. The van der Waals surface area contributed by atoms with Crippen LogP contribution in [0.3, 0.4) is 0 Å². The van der Waals surface area contributed by atoms with E-state index in [4.69, 9.17) is 10.5 Å². The zero-order valence-corrected chi connectivity index (χ0v) is 15.7. The quantitative estimate of drug-likeness (QED) is 0.882. The molecule has 1 aliphatic heterocycles. The van der Waals surface area contributed by atoms with E-state index in [2.05, 4.69) is 6.07 Å². The molecule has 0 bridgehead atoms. The number of nitrogens with zero attached hydrogens (tertiary/aromatic N) is 2. The number of benzene rings is 2. The lowest BCUT2D eigenvalue weighted by molar-refractivity contribution is -0.116. The van der Waals surface area contributed by atoms with Gasteiger partial charge in [0.05, 0.1) is 24.7 Å². The Morgan fingerprint density at radius 2 is 1.82 bits per heavy atom. The lowest BCUT2D eigenvalue weighted by Gasteiger charge is -2.39. The van der Waals surface area contributed by atoms with E-state index in [9.17, 15) is 10.1 Å². The minimum atomic E-state index is -0.413. The summed E-state index contributed by atoms with van der Waals surface area (Å²) < 4.78 is 5.24. The second-order valence-electron chi connectivity index (χ2n) is 6.92. The van der Waals surface area contributed by atoms with Gasteiger partial charge in [-0.15, -0.1) is 0 Å². The maximum Gasteiger partial charge on any atom is 0.161 e. The average molecular weight is 371 g/mol. The molecule has 1 aliphatic carbocycles. The van der Waals surface area contributed by atoms with Crippen LogP contribution in [0.25, 0.3) is 0 Å². The van der Waals surface area contributed by atoms with Gasteiger partial charge in [-0.2, -0.15) is 5.26 Å². The molecule has 5 heteroatoms. The molecule has 140 valence electrons. The van der Waals surface area contributed by atoms with Gasteiger partial charge in [-0.25, -0.2) is 0 Å². The van der Waals surface area contributed by atoms with E-state index in [1.165, 1.54) is 0 Å². The first kappa shape index (κ1) is 17.9. The predicted molar refractivity (Wildman–Crippen MR) is 107 cm³/mol. The highest BCUT2D eigenvalue weighted by Crippen LogP contribution is 2.46. The standard InChI is InChI=1S/C23H21N3O2/c1-28-17-12-10-16(11-13-17)26-19-8-5-9-20(27)22(19)21(18(14-24)23(26)25)15-6-3-2-4-7-15/h2-4,6-7,10-13,21H,5,8-9,25H2,1H3/t21-/m1/s1. The molecule has 0 saturated heterocycles. The number of hydrogen-bond donors (Lipinski definition) is 1. The zero-order valence-electron chi connectivity index (χ0n) is 15.7. The van der Waals surface area contributed by atoms with Gasteiger partial charge in [0.15, 0.2) is 5.78 Å². The molecule has 0 aromatic heterocycles. The Hall–Kier alpha value is -3.52. The van der Waals surface area contributed by atoms with Gasteiger partial charge in [-0.1, -0.05) is 30.3 Å². The molecule has 0 amide bonds. The molecule has 2 aliphatic rings. The molecule has 0 spiro atoms. The summed E-state index contributed by atoms with van der Waals surface area (Å²) in [6.07, 6.45) is 2.02. The van der Waals surface area contributed by atoms with Gasteiger partial charge in [0.1, 0.15) is 11.6 Å². The van der Waals surface area contributed by atoms with Crippen molar-refractivity contribution in [3.63, 3.8) is 0 Å². The van der Waals surface area contributed by atoms with E-state index in [0.717, 1.165) is 35.5 Å². The second-order valence-corrected chi connectivity index (χ2v) is 6.92. The van der Waals surface area contributed by atoms with Gasteiger partial charge in [-0.3, -0.25) is 9.69 Å². The van der Waals surface area contributed by atoms with Crippen LogP contribution in [0.4, 0.5) is 5.69 Å². The minimum Gasteiger partial charge on any atom is -0.497 e. The van der Waals surface area contributed by atoms with Crippen molar-refractivity contribution in [3.05, 3.63) is 82.8 Å². The molecule has 4 rings (SSSR count). The van der Waals surface area contributed by atoms with Crippen LogP contribution in [-0.2, 0) is 4.79 Å². The Morgan fingerprint density at radius 3 is 2.46 bits per heavy atom. The molecule has 1 heterocycles. The van der Waals surface area contributed by atoms with E-state index in [1.54, 1.807) is 7.11 Å². The van der Waals surface area contributed by atoms with Crippen LogP contribution in [-0.4, -0.2) is 12.9 Å². The zero-order chi connectivity index (χ0) is 19.7. The average Bonchev–Trinajstić information content (AvgIpc) is 2.74. The summed E-state index contributed by atoms with van der Waals surface area (Å²) in [6.45, 7) is 0. The summed E-state index contributed by atoms with van der Waals surface area (Å²) in [4.78, 5) is 14.8. The first-order chi connectivity index (χ1) is 13.7. The summed E-state index contributed by atoms with van der Waals surface area (Å²) in [5, 5.41) is 9.95. The number of ketones is 1. The van der Waals surface area contributed by atoms with Crippen molar-refractivity contribution in [1.29, 1.82) is 5.26 Å². The van der Waals surface area contributed by atoms with Crippen molar-refractivity contribution in [1.82, 2.24) is 0 Å². The van der Waals surface area contributed by atoms with Crippen molar-refractivity contribution < 1.29 is 9.53 Å². The third-order valence-electron chi connectivity index (χ3n) is 5.38. The summed E-state index contributed by atoms with van der Waals surface area (Å²) in [6, 6.07) is 19.4. The van der Waals surface area contributed by atoms with Gasteiger partial charge in [-0.05, 0) is 42.7 Å². The maximum atomic E-state index is 13.0. The fourth-order valence-electron chi connectivity index (χ4n) is 4.09. The van der Waals surface area contributed by atoms with Crippen molar-refractivity contribution in [3.8, 4) is 11.8 Å². The highest BCUT2D eigenvalue weighted by Gasteiger charge is 2.40. The molecule has 0 radical (unpaired) electrons. The van der Waals surface area contributed by atoms with Gasteiger partial charge in [0.25, 0.3) is 0 Å². The van der Waals surface area contributed by atoms with E-state index in [-0.39, 0.29) is 5.78 Å². The van der Waals surface area contributed by atoms with E-state index in [0.29, 0.717) is 23.4 Å². The second kappa shape index (κ2) is 7.24. The molecular formula is C23H21N3O2. The number of ether oxygens (including phenoxy) is 1. The van der Waals surface area contributed by atoms with Crippen LogP contribution in [0.2, 0.25) is 0 Å². The number of methoxy groups -OCH3 is 1. The highest BCUT2D eigenvalue weighted by atomic mass is 16.5. The number of hydrogen-bond acceptors (Lipinski definition) is 5. The maximum absolute atomic E-state index is 13.0. The smallest absolute Gasteiger partial charge is 0.161 e. The predicted octanol–water partition coefficient (Wildman–Crippen LogP) is 4.00. The highest BCUT2D eigenvalue weighted by molar-refractivity contribution is 6.01. The molecule has 0 fully saturated rings. The van der Waals surface area contributed by atoms with Crippen molar-refractivity contribution in [2.24, 2.45) is 5.73 Å². The molecule has 2 aromatic carbocycles. The Labute approximate surface area is 164 Å². The Bertz CT molecular complexity index is 1010. The third-order valence-corrected chi connectivity index (χ3v) is 5.38. The largest absolute Gasteiger partial charge is 0.497 e. The van der Waals surface area contributed by atoms with E-state index >= 15 is 0 Å². The van der Waals surface area contributed by atoms with Gasteiger partial charge < -0.3 is 10.5 Å². The van der Waals surface area contributed by atoms with E-state index in [1.807, 2.05) is 59.5 Å². The monoisotopic (exact) mass is 371 g/mol. The molecule has 2 aromatic rings. The number of carbonyl (C=O) groups excluding carboxylic acids is 1. The number of allylic oxidation sites excluding steroid dienone is 3. The number of nitriles is 1. The number of Topliss-reactive ketones (excluding diaryl/α,β-unsaturated/α-hetero) is 1. The number of nitrogens with two attached hydrogens (primary N) is 1. The van der Waals surface area contributed by atoms with E-state index < -0.39 is 5.92 Å². The van der Waals surface area contributed by atoms with Crippen LogP contribution in [0.5, 0.6) is 5.75 Å². The van der Waals surface area contributed by atoms with Crippen molar-refractivity contribution >= 4 is 11.5 Å². The van der Waals surface area contributed by atoms with Crippen molar-refractivity contribution in [2.45, 2.75) is 25.2 Å². The third kappa shape index (κ3) is 2.84. The van der Waals surface area contributed by atoms with Crippen molar-refractivity contribution in [2.75, 3.05) is 12.0 Å². The number of anilines is 1. The van der Waals surface area contributed by atoms with Gasteiger partial charge >= 0.3 is 0 Å². The molecule has 2 N–H and O–H groups in total. The minimum absolute atomic E-state index is 0.0915.